The van der Waals surface area contributed by atoms with Gasteiger partial charge in [-0.05, 0) is 40.4 Å². The van der Waals surface area contributed by atoms with E-state index in [0.29, 0.717) is 21.3 Å². The van der Waals surface area contributed by atoms with E-state index in [-0.39, 0.29) is 0 Å². The third-order valence-electron chi connectivity index (χ3n) is 5.10. The van der Waals surface area contributed by atoms with Gasteiger partial charge in [-0.15, -0.1) is 0 Å². The number of rotatable bonds is 6. The number of hydrogen-bond donors (Lipinski definition) is 0. The van der Waals surface area contributed by atoms with Gasteiger partial charge in [0.15, 0.2) is 11.8 Å². The first-order valence-corrected chi connectivity index (χ1v) is 9.52. The first-order valence-electron chi connectivity index (χ1n) is 8.77. The quantitative estimate of drug-likeness (QED) is 0.341. The number of quaternary nitrogens is 1. The van der Waals surface area contributed by atoms with Crippen LogP contribution < -0.4 is 0 Å². The van der Waals surface area contributed by atoms with Crippen LogP contribution in [0.3, 0.4) is 0 Å². The molecule has 0 amide bonds. The molecule has 0 spiro atoms. The third-order valence-corrected chi connectivity index (χ3v) is 6.20. The smallest absolute Gasteiger partial charge is 0.238 e. The average molecular weight is 388 g/mol. The summed E-state index contributed by atoms with van der Waals surface area (Å²) in [7, 11) is 2.13. The highest BCUT2D eigenvalue weighted by Gasteiger charge is 2.40. The van der Waals surface area contributed by atoms with Crippen molar-refractivity contribution in [2.75, 3.05) is 26.8 Å². The van der Waals surface area contributed by atoms with E-state index in [4.69, 9.17) is 23.2 Å². The van der Waals surface area contributed by atoms with Crippen LogP contribution in [0.4, 0.5) is 0 Å². The molecule has 4 heteroatoms. The molecule has 1 atom stereocenters. The molecule has 0 radical (unpaired) electrons. The van der Waals surface area contributed by atoms with Gasteiger partial charge in [-0.2, -0.15) is 0 Å². The lowest BCUT2D eigenvalue weighted by Crippen LogP contribution is -2.44. The molecule has 0 bridgehead atoms. The van der Waals surface area contributed by atoms with Gasteiger partial charge in [0.2, 0.25) is 5.16 Å². The second-order valence-electron chi connectivity index (χ2n) is 7.36. The van der Waals surface area contributed by atoms with Gasteiger partial charge >= 0.3 is 0 Å². The lowest BCUT2D eigenvalue weighted by molar-refractivity contribution is -0.867. The van der Waals surface area contributed by atoms with Gasteiger partial charge in [0.05, 0.1) is 13.6 Å². The number of benzene rings is 2. The van der Waals surface area contributed by atoms with Crippen molar-refractivity contribution in [2.24, 2.45) is 0 Å². The number of fused-ring (bicyclic) bond motifs is 1. The maximum atomic E-state index is 6.62. The van der Waals surface area contributed by atoms with Gasteiger partial charge in [-0.3, -0.25) is 4.48 Å². The molecule has 0 aromatic heterocycles. The van der Waals surface area contributed by atoms with Crippen LogP contribution >= 0.6 is 23.2 Å². The summed E-state index contributed by atoms with van der Waals surface area (Å²) in [5.74, 6) is 0. The minimum atomic E-state index is 0.608. The summed E-state index contributed by atoms with van der Waals surface area (Å²) in [5.41, 5.74) is 3.27. The average Bonchev–Trinajstić information content (AvgIpc) is 2.84. The van der Waals surface area contributed by atoms with Gasteiger partial charge in [-0.1, -0.05) is 72.8 Å². The zero-order valence-corrected chi connectivity index (χ0v) is 16.9. The highest BCUT2D eigenvalue weighted by Crippen LogP contribution is 2.36. The predicted molar refractivity (Wildman–Crippen MR) is 113 cm³/mol. The Morgan fingerprint density at radius 3 is 2.50 bits per heavy atom. The van der Waals surface area contributed by atoms with Crippen LogP contribution in [-0.2, 0) is 6.42 Å². The van der Waals surface area contributed by atoms with Crippen LogP contribution in [0.1, 0.15) is 12.5 Å². The fraction of sp³-hybridized carbons (Fsp3) is 0.273. The Hall–Kier alpha value is -1.74. The lowest BCUT2D eigenvalue weighted by Gasteiger charge is -2.30. The van der Waals surface area contributed by atoms with Crippen LogP contribution in [0.2, 0.25) is 0 Å². The van der Waals surface area contributed by atoms with Crippen molar-refractivity contribution in [1.29, 1.82) is 0 Å². The molecule has 26 heavy (non-hydrogen) atoms. The van der Waals surface area contributed by atoms with E-state index in [2.05, 4.69) is 67.6 Å². The van der Waals surface area contributed by atoms with Crippen LogP contribution in [-0.4, -0.2) is 36.2 Å². The summed E-state index contributed by atoms with van der Waals surface area (Å²) in [5, 5.41) is 3.86. The number of likely N-dealkylation sites (N-methyl/N-ethyl adjacent to an activating group) is 1. The maximum absolute atomic E-state index is 6.62. The molecule has 1 unspecified atom stereocenters. The monoisotopic (exact) mass is 387 g/mol. The van der Waals surface area contributed by atoms with Crippen LogP contribution in [0.25, 0.3) is 10.8 Å². The molecule has 1 heterocycles. The summed E-state index contributed by atoms with van der Waals surface area (Å²) < 4.78 is 0.608. The normalized spacial score (nSPS) is 20.1. The Morgan fingerprint density at radius 2 is 1.81 bits per heavy atom. The SMILES string of the molecule is C=C(C)C(=C)CN1C[N+](C)(CCc2ccc3ccccc3c2)C(Cl)=C1Cl. The van der Waals surface area contributed by atoms with Crippen LogP contribution in [0.15, 0.2) is 77.1 Å². The van der Waals surface area contributed by atoms with E-state index >= 15 is 0 Å². The molecule has 0 aliphatic carbocycles. The molecular formula is C22H25Cl2N2+. The second-order valence-corrected chi connectivity index (χ2v) is 8.07. The van der Waals surface area contributed by atoms with Crippen LogP contribution in [0, 0.1) is 0 Å². The number of nitrogens with zero attached hydrogens (tertiary/aromatic N) is 2. The van der Waals surface area contributed by atoms with E-state index in [0.717, 1.165) is 30.8 Å². The zero-order chi connectivity index (χ0) is 18.9. The second kappa shape index (κ2) is 7.48. The summed E-state index contributed by atoms with van der Waals surface area (Å²) in [6.07, 6.45) is 0.941. The summed E-state index contributed by atoms with van der Waals surface area (Å²) in [6, 6.07) is 15.1. The minimum absolute atomic E-state index is 0.608. The third kappa shape index (κ3) is 3.83. The predicted octanol–water partition coefficient (Wildman–Crippen LogP) is 5.84. The molecule has 2 nitrogen and oxygen atoms in total. The first-order chi connectivity index (χ1) is 12.3. The molecule has 2 aromatic rings. The fourth-order valence-electron chi connectivity index (χ4n) is 3.28. The van der Waals surface area contributed by atoms with E-state index in [1.54, 1.807) is 0 Å². The first kappa shape index (κ1) is 19.0. The largest absolute Gasteiger partial charge is 0.305 e. The summed E-state index contributed by atoms with van der Waals surface area (Å²) in [4.78, 5) is 2.08. The fourth-order valence-corrected chi connectivity index (χ4v) is 3.85. The van der Waals surface area contributed by atoms with Gasteiger partial charge in [-0.25, -0.2) is 0 Å². The van der Waals surface area contributed by atoms with Crippen molar-refractivity contribution < 1.29 is 4.48 Å². The highest BCUT2D eigenvalue weighted by molar-refractivity contribution is 6.38. The van der Waals surface area contributed by atoms with Crippen molar-refractivity contribution in [3.8, 4) is 0 Å². The highest BCUT2D eigenvalue weighted by atomic mass is 35.5. The molecule has 0 N–H and O–H groups in total. The Bertz CT molecular complexity index is 900. The topological polar surface area (TPSA) is 3.24 Å². The Morgan fingerprint density at radius 1 is 1.12 bits per heavy atom. The van der Waals surface area contributed by atoms with E-state index < -0.39 is 0 Å². The maximum Gasteiger partial charge on any atom is 0.238 e. The van der Waals surface area contributed by atoms with Crippen LogP contribution in [0.5, 0.6) is 0 Å². The molecule has 1 aliphatic rings. The molecule has 1 aliphatic heterocycles. The molecule has 3 rings (SSSR count). The summed E-state index contributed by atoms with van der Waals surface area (Å²) in [6.45, 7) is 12.3. The lowest BCUT2D eigenvalue weighted by atomic mass is 10.0. The van der Waals surface area contributed by atoms with Crippen molar-refractivity contribution in [2.45, 2.75) is 13.3 Å². The molecule has 2 aromatic carbocycles. The van der Waals surface area contributed by atoms with Crippen molar-refractivity contribution in [3.63, 3.8) is 0 Å². The Kier molecular flexibility index (Phi) is 5.47. The molecular weight excluding hydrogens is 363 g/mol. The van der Waals surface area contributed by atoms with Gasteiger partial charge in [0.1, 0.15) is 0 Å². The van der Waals surface area contributed by atoms with Crippen molar-refractivity contribution in [1.82, 2.24) is 4.90 Å². The van der Waals surface area contributed by atoms with E-state index in [9.17, 15) is 0 Å². The van der Waals surface area contributed by atoms with Crippen molar-refractivity contribution >= 4 is 34.0 Å². The Labute approximate surface area is 166 Å². The standard InChI is InChI=1S/C22H25Cl2N2/c1-16(2)17(3)14-25-15-26(4,22(24)21(25)23)12-11-18-9-10-19-7-5-6-8-20(19)13-18/h5-10,13H,1,3,11-12,14-15H2,2,4H3/q+1. The van der Waals surface area contributed by atoms with Gasteiger partial charge in [0, 0.05) is 13.0 Å². The van der Waals surface area contributed by atoms with Gasteiger partial charge in [0.25, 0.3) is 0 Å². The van der Waals surface area contributed by atoms with E-state index in [1.165, 1.54) is 16.3 Å². The summed E-state index contributed by atoms with van der Waals surface area (Å²) >= 11 is 13.1. The molecule has 0 saturated heterocycles. The molecule has 136 valence electrons. The molecule has 0 saturated carbocycles. The molecule has 0 fully saturated rings. The van der Waals surface area contributed by atoms with Gasteiger partial charge < -0.3 is 4.90 Å². The zero-order valence-electron chi connectivity index (χ0n) is 15.4. The number of halogens is 2. The van der Waals surface area contributed by atoms with E-state index in [1.807, 2.05) is 6.92 Å². The number of hydrogen-bond acceptors (Lipinski definition) is 1. The van der Waals surface area contributed by atoms with Crippen molar-refractivity contribution in [3.05, 3.63) is 82.6 Å². The minimum Gasteiger partial charge on any atom is -0.305 e. The Balaban J connectivity index is 1.72.